The van der Waals surface area contributed by atoms with Crippen LogP contribution in [0.15, 0.2) is 0 Å². The number of piperazine rings is 1. The van der Waals surface area contributed by atoms with Crippen LogP contribution in [0.5, 0.6) is 0 Å². The van der Waals surface area contributed by atoms with E-state index in [1.165, 1.54) is 12.8 Å². The van der Waals surface area contributed by atoms with E-state index >= 15 is 0 Å². The van der Waals surface area contributed by atoms with Crippen molar-refractivity contribution in [1.29, 1.82) is 0 Å². The first-order valence-corrected chi connectivity index (χ1v) is 8.34. The van der Waals surface area contributed by atoms with E-state index in [4.69, 9.17) is 0 Å². The lowest BCUT2D eigenvalue weighted by Gasteiger charge is -2.38. The fourth-order valence-corrected chi connectivity index (χ4v) is 4.13. The summed E-state index contributed by atoms with van der Waals surface area (Å²) in [6.07, 6.45) is 2.38. The summed E-state index contributed by atoms with van der Waals surface area (Å²) in [6.45, 7) is 6.65. The summed E-state index contributed by atoms with van der Waals surface area (Å²) < 4.78 is 26.7. The lowest BCUT2D eigenvalue weighted by Crippen LogP contribution is -2.55. The second-order valence-corrected chi connectivity index (χ2v) is 8.06. The molecule has 5 nitrogen and oxygen atoms in total. The quantitative estimate of drug-likeness (QED) is 0.773. The van der Waals surface area contributed by atoms with Crippen LogP contribution in [0.3, 0.4) is 0 Å². The maximum absolute atomic E-state index is 12.5. The second kappa shape index (κ2) is 5.45. The highest BCUT2D eigenvalue weighted by atomic mass is 32.2. The van der Waals surface area contributed by atoms with Gasteiger partial charge in [0.1, 0.15) is 0 Å². The van der Waals surface area contributed by atoms with Crippen molar-refractivity contribution < 1.29 is 8.42 Å². The Morgan fingerprint density at radius 2 is 2.00 bits per heavy atom. The Labute approximate surface area is 111 Å². The van der Waals surface area contributed by atoms with Crippen LogP contribution >= 0.6 is 0 Å². The van der Waals surface area contributed by atoms with Gasteiger partial charge in [-0.2, -0.15) is 4.31 Å². The molecular weight excluding hydrogens is 250 g/mol. The third-order valence-corrected chi connectivity index (χ3v) is 6.26. The van der Waals surface area contributed by atoms with Crippen molar-refractivity contribution in [2.75, 3.05) is 33.2 Å². The fourth-order valence-electron chi connectivity index (χ4n) is 2.46. The lowest BCUT2D eigenvalue weighted by atomic mass is 10.2. The molecule has 1 aliphatic carbocycles. The van der Waals surface area contributed by atoms with Crippen LogP contribution in [0.25, 0.3) is 0 Å². The lowest BCUT2D eigenvalue weighted by molar-refractivity contribution is 0.169. The summed E-state index contributed by atoms with van der Waals surface area (Å²) in [4.78, 5) is 2.18. The van der Waals surface area contributed by atoms with Gasteiger partial charge < -0.3 is 10.2 Å². The topological polar surface area (TPSA) is 52.7 Å². The van der Waals surface area contributed by atoms with Gasteiger partial charge in [0.05, 0.1) is 5.25 Å². The van der Waals surface area contributed by atoms with Crippen LogP contribution in [0, 0.1) is 0 Å². The molecule has 0 aromatic carbocycles. The van der Waals surface area contributed by atoms with Crippen LogP contribution in [-0.4, -0.2) is 68.2 Å². The van der Waals surface area contributed by atoms with E-state index in [1.807, 2.05) is 20.9 Å². The van der Waals surface area contributed by atoms with E-state index in [0.717, 1.165) is 13.1 Å². The van der Waals surface area contributed by atoms with Crippen molar-refractivity contribution in [3.8, 4) is 0 Å². The molecule has 2 rings (SSSR count). The molecule has 106 valence electrons. The normalized spacial score (nSPS) is 29.4. The molecule has 2 atom stereocenters. The van der Waals surface area contributed by atoms with Gasteiger partial charge >= 0.3 is 0 Å². The van der Waals surface area contributed by atoms with Crippen LogP contribution < -0.4 is 5.32 Å². The van der Waals surface area contributed by atoms with Gasteiger partial charge in [-0.3, -0.25) is 0 Å². The van der Waals surface area contributed by atoms with Gasteiger partial charge in [0.15, 0.2) is 0 Å². The van der Waals surface area contributed by atoms with Crippen molar-refractivity contribution >= 4 is 10.0 Å². The number of nitrogens with one attached hydrogen (secondary N) is 1. The molecule has 1 saturated heterocycles. The molecule has 1 N–H and O–H groups in total. The Bertz CT molecular complexity index is 381. The van der Waals surface area contributed by atoms with Crippen molar-refractivity contribution in [3.63, 3.8) is 0 Å². The number of rotatable bonds is 5. The van der Waals surface area contributed by atoms with Gasteiger partial charge in [-0.25, -0.2) is 8.42 Å². The number of sulfonamides is 1. The maximum Gasteiger partial charge on any atom is 0.218 e. The minimum atomic E-state index is -3.16. The van der Waals surface area contributed by atoms with Crippen LogP contribution in [0.2, 0.25) is 0 Å². The summed E-state index contributed by atoms with van der Waals surface area (Å²) in [6, 6.07) is 0.643. The van der Waals surface area contributed by atoms with Crippen molar-refractivity contribution in [3.05, 3.63) is 0 Å². The predicted octanol–water partition coefficient (Wildman–Crippen LogP) is 0.0926. The number of nitrogens with zero attached hydrogens (tertiary/aromatic N) is 2. The number of hydrogen-bond donors (Lipinski definition) is 1. The molecule has 2 fully saturated rings. The molecule has 0 amide bonds. The summed E-state index contributed by atoms with van der Waals surface area (Å²) in [5.41, 5.74) is 0. The zero-order valence-corrected chi connectivity index (χ0v) is 12.4. The van der Waals surface area contributed by atoms with Crippen molar-refractivity contribution in [2.24, 2.45) is 0 Å². The molecule has 1 aliphatic heterocycles. The van der Waals surface area contributed by atoms with Crippen LogP contribution in [0.4, 0.5) is 0 Å². The van der Waals surface area contributed by atoms with Crippen LogP contribution in [-0.2, 0) is 10.0 Å². The van der Waals surface area contributed by atoms with Gasteiger partial charge in [0.25, 0.3) is 0 Å². The average molecular weight is 275 g/mol. The summed E-state index contributed by atoms with van der Waals surface area (Å²) >= 11 is 0. The predicted molar refractivity (Wildman–Crippen MR) is 73.1 cm³/mol. The minimum Gasteiger partial charge on any atom is -0.313 e. The van der Waals surface area contributed by atoms with Gasteiger partial charge in [0.2, 0.25) is 10.0 Å². The minimum absolute atomic E-state index is 0.0807. The Morgan fingerprint density at radius 3 is 2.56 bits per heavy atom. The highest BCUT2D eigenvalue weighted by molar-refractivity contribution is 7.89. The molecule has 2 unspecified atom stereocenters. The van der Waals surface area contributed by atoms with E-state index in [2.05, 4.69) is 10.2 Å². The Morgan fingerprint density at radius 1 is 1.33 bits per heavy atom. The summed E-state index contributed by atoms with van der Waals surface area (Å²) in [7, 11) is -1.12. The molecule has 1 saturated carbocycles. The average Bonchev–Trinajstić information content (AvgIpc) is 3.08. The first kappa shape index (κ1) is 14.2. The highest BCUT2D eigenvalue weighted by Crippen LogP contribution is 2.20. The summed E-state index contributed by atoms with van der Waals surface area (Å²) in [5.74, 6) is 0. The van der Waals surface area contributed by atoms with Gasteiger partial charge in [0, 0.05) is 38.3 Å². The molecule has 0 aromatic rings. The second-order valence-electron chi connectivity index (χ2n) is 5.76. The van der Waals surface area contributed by atoms with Crippen LogP contribution in [0.1, 0.15) is 26.7 Å². The first-order valence-electron chi connectivity index (χ1n) is 6.84. The molecule has 1 heterocycles. The molecule has 0 bridgehead atoms. The largest absolute Gasteiger partial charge is 0.313 e. The Kier molecular flexibility index (Phi) is 4.31. The van der Waals surface area contributed by atoms with E-state index in [0.29, 0.717) is 19.1 Å². The van der Waals surface area contributed by atoms with E-state index in [-0.39, 0.29) is 11.3 Å². The SMILES string of the molecule is CC1CN(C)CCN1S(=O)(=O)C(C)CNC1CC1. The molecular formula is C12H25N3O2S. The Balaban J connectivity index is 1.95. The van der Waals surface area contributed by atoms with Gasteiger partial charge in [-0.1, -0.05) is 0 Å². The summed E-state index contributed by atoms with van der Waals surface area (Å²) in [5, 5.41) is 2.98. The molecule has 2 aliphatic rings. The molecule has 0 aromatic heterocycles. The fraction of sp³-hybridized carbons (Fsp3) is 1.00. The van der Waals surface area contributed by atoms with E-state index < -0.39 is 10.0 Å². The maximum atomic E-state index is 12.5. The van der Waals surface area contributed by atoms with E-state index in [9.17, 15) is 8.42 Å². The van der Waals surface area contributed by atoms with Gasteiger partial charge in [-0.05, 0) is 33.7 Å². The number of hydrogen-bond acceptors (Lipinski definition) is 4. The van der Waals surface area contributed by atoms with Crippen molar-refractivity contribution in [1.82, 2.24) is 14.5 Å². The molecule has 0 spiro atoms. The highest BCUT2D eigenvalue weighted by Gasteiger charge is 2.35. The van der Waals surface area contributed by atoms with Gasteiger partial charge in [-0.15, -0.1) is 0 Å². The van der Waals surface area contributed by atoms with E-state index in [1.54, 1.807) is 4.31 Å². The number of likely N-dealkylation sites (N-methyl/N-ethyl adjacent to an activating group) is 1. The standard InChI is InChI=1S/C12H25N3O2S/c1-10-9-14(3)6-7-15(10)18(16,17)11(2)8-13-12-4-5-12/h10-13H,4-9H2,1-3H3. The third-order valence-electron chi connectivity index (χ3n) is 3.88. The Hall–Kier alpha value is -0.170. The molecule has 0 radical (unpaired) electrons. The smallest absolute Gasteiger partial charge is 0.218 e. The van der Waals surface area contributed by atoms with Crippen molar-refractivity contribution in [2.45, 2.75) is 44.0 Å². The molecule has 18 heavy (non-hydrogen) atoms. The zero-order valence-electron chi connectivity index (χ0n) is 11.6. The first-order chi connectivity index (χ1) is 8.41. The monoisotopic (exact) mass is 275 g/mol. The molecule has 6 heteroatoms. The third kappa shape index (κ3) is 3.23. The zero-order chi connectivity index (χ0) is 13.3.